The van der Waals surface area contributed by atoms with E-state index in [2.05, 4.69) is 45.9 Å². The minimum atomic E-state index is 0.426. The molecule has 0 bridgehead atoms. The summed E-state index contributed by atoms with van der Waals surface area (Å²) < 4.78 is 0. The van der Waals surface area contributed by atoms with Crippen LogP contribution in [0, 0.1) is 11.8 Å². The van der Waals surface area contributed by atoms with Gasteiger partial charge in [-0.25, -0.2) is 0 Å². The van der Waals surface area contributed by atoms with Crippen molar-refractivity contribution >= 4 is 0 Å². The van der Waals surface area contributed by atoms with Crippen molar-refractivity contribution in [1.82, 2.24) is 9.80 Å². The Hall–Kier alpha value is -1.34. The van der Waals surface area contributed by atoms with Gasteiger partial charge in [0.15, 0.2) is 0 Å². The third kappa shape index (κ3) is 3.65. The molecule has 2 heterocycles. The zero-order chi connectivity index (χ0) is 14.5. The van der Waals surface area contributed by atoms with E-state index in [0.717, 1.165) is 18.2 Å². The molecule has 1 aromatic rings. The average Bonchev–Trinajstić information content (AvgIpc) is 2.54. The molecule has 3 nitrogen and oxygen atoms in total. The Morgan fingerprint density at radius 3 is 2.95 bits per heavy atom. The van der Waals surface area contributed by atoms with E-state index in [4.69, 9.17) is 5.73 Å². The molecule has 1 atom stereocenters. The highest BCUT2D eigenvalue weighted by Gasteiger charge is 2.28. The van der Waals surface area contributed by atoms with Crippen LogP contribution in [0.25, 0.3) is 0 Å². The minimum absolute atomic E-state index is 0.426. The lowest BCUT2D eigenvalue weighted by atomic mass is 9.99. The van der Waals surface area contributed by atoms with E-state index in [-0.39, 0.29) is 0 Å². The Kier molecular flexibility index (Phi) is 4.92. The number of piperidine rings is 1. The van der Waals surface area contributed by atoms with Crippen molar-refractivity contribution in [3.05, 3.63) is 35.4 Å². The van der Waals surface area contributed by atoms with Crippen molar-refractivity contribution < 1.29 is 0 Å². The van der Waals surface area contributed by atoms with Gasteiger partial charge in [0.2, 0.25) is 0 Å². The molecular weight excluding hydrogens is 258 g/mol. The van der Waals surface area contributed by atoms with Gasteiger partial charge in [0.1, 0.15) is 0 Å². The Bertz CT molecular complexity index is 529. The summed E-state index contributed by atoms with van der Waals surface area (Å²) in [5.41, 5.74) is 7.96. The highest BCUT2D eigenvalue weighted by Crippen LogP contribution is 2.22. The van der Waals surface area contributed by atoms with Gasteiger partial charge in [-0.2, -0.15) is 0 Å². The first-order chi connectivity index (χ1) is 10.4. The Morgan fingerprint density at radius 1 is 1.14 bits per heavy atom. The first-order valence-corrected chi connectivity index (χ1v) is 8.10. The highest BCUT2D eigenvalue weighted by molar-refractivity contribution is 5.41. The minimum Gasteiger partial charge on any atom is -0.320 e. The lowest BCUT2D eigenvalue weighted by molar-refractivity contribution is 0.0456. The third-order valence-electron chi connectivity index (χ3n) is 4.66. The molecule has 0 aromatic heterocycles. The molecule has 1 aromatic carbocycles. The maximum absolute atomic E-state index is 5.49. The lowest BCUT2D eigenvalue weighted by Crippen LogP contribution is -2.54. The van der Waals surface area contributed by atoms with Crippen molar-refractivity contribution in [2.24, 2.45) is 5.73 Å². The summed E-state index contributed by atoms with van der Waals surface area (Å²) in [6.45, 7) is 6.35. The Morgan fingerprint density at radius 2 is 2.05 bits per heavy atom. The monoisotopic (exact) mass is 283 g/mol. The van der Waals surface area contributed by atoms with Crippen LogP contribution in [0.4, 0.5) is 0 Å². The van der Waals surface area contributed by atoms with Crippen LogP contribution in [-0.2, 0) is 6.54 Å². The molecule has 2 aliphatic heterocycles. The van der Waals surface area contributed by atoms with E-state index in [1.54, 1.807) is 0 Å². The first-order valence-electron chi connectivity index (χ1n) is 8.10. The number of nitrogens with zero attached hydrogens (tertiary/aromatic N) is 2. The van der Waals surface area contributed by atoms with E-state index in [9.17, 15) is 0 Å². The number of hydrogen-bond acceptors (Lipinski definition) is 3. The zero-order valence-electron chi connectivity index (χ0n) is 12.7. The lowest BCUT2D eigenvalue weighted by Gasteiger charge is -2.44. The Balaban J connectivity index is 1.67. The summed E-state index contributed by atoms with van der Waals surface area (Å²) in [5.74, 6) is 6.19. The molecular formula is C18H25N3. The summed E-state index contributed by atoms with van der Waals surface area (Å²) in [6.07, 6.45) is 4.15. The molecule has 2 aliphatic rings. The van der Waals surface area contributed by atoms with E-state index in [1.807, 2.05) is 0 Å². The standard InChI is InChI=1S/C18H25N3/c19-10-5-8-16-6-1-2-7-17(16)14-20-12-13-21-11-4-3-9-18(21)15-20/h1-2,6-7,18H,3-4,9-15,19H2. The molecule has 2 saturated heterocycles. The van der Waals surface area contributed by atoms with Gasteiger partial charge in [-0.05, 0) is 31.0 Å². The van der Waals surface area contributed by atoms with Gasteiger partial charge in [0, 0.05) is 37.8 Å². The van der Waals surface area contributed by atoms with Crippen LogP contribution >= 0.6 is 0 Å². The van der Waals surface area contributed by atoms with Gasteiger partial charge in [-0.1, -0.05) is 36.5 Å². The van der Waals surface area contributed by atoms with Crippen molar-refractivity contribution in [2.75, 3.05) is 32.7 Å². The van der Waals surface area contributed by atoms with Gasteiger partial charge in [0.05, 0.1) is 6.54 Å². The number of fused-ring (bicyclic) bond motifs is 1. The SMILES string of the molecule is NCC#Cc1ccccc1CN1CCN2CCCCC2C1. The molecule has 0 amide bonds. The Labute approximate surface area is 128 Å². The fourth-order valence-electron chi connectivity index (χ4n) is 3.53. The van der Waals surface area contributed by atoms with E-state index in [0.29, 0.717) is 6.54 Å². The van der Waals surface area contributed by atoms with Crippen LogP contribution < -0.4 is 5.73 Å². The predicted molar refractivity (Wildman–Crippen MR) is 86.9 cm³/mol. The van der Waals surface area contributed by atoms with Crippen LogP contribution in [0.5, 0.6) is 0 Å². The summed E-state index contributed by atoms with van der Waals surface area (Å²) >= 11 is 0. The molecule has 2 N–H and O–H groups in total. The van der Waals surface area contributed by atoms with Gasteiger partial charge in [-0.15, -0.1) is 0 Å². The summed E-state index contributed by atoms with van der Waals surface area (Å²) in [4.78, 5) is 5.27. The van der Waals surface area contributed by atoms with E-state index in [1.165, 1.54) is 51.0 Å². The molecule has 0 radical (unpaired) electrons. The van der Waals surface area contributed by atoms with Crippen molar-refractivity contribution in [3.8, 4) is 11.8 Å². The van der Waals surface area contributed by atoms with Gasteiger partial charge in [0.25, 0.3) is 0 Å². The maximum atomic E-state index is 5.49. The van der Waals surface area contributed by atoms with Gasteiger partial charge in [-0.3, -0.25) is 9.80 Å². The number of rotatable bonds is 2. The smallest absolute Gasteiger partial charge is 0.0555 e. The molecule has 1 unspecified atom stereocenters. The molecule has 0 spiro atoms. The van der Waals surface area contributed by atoms with Gasteiger partial charge >= 0.3 is 0 Å². The quantitative estimate of drug-likeness (QED) is 0.838. The fourth-order valence-corrected chi connectivity index (χ4v) is 3.53. The second-order valence-corrected chi connectivity index (χ2v) is 6.08. The van der Waals surface area contributed by atoms with E-state index < -0.39 is 0 Å². The zero-order valence-corrected chi connectivity index (χ0v) is 12.7. The number of nitrogens with two attached hydrogens (primary N) is 1. The predicted octanol–water partition coefficient (Wildman–Crippen LogP) is 1.67. The van der Waals surface area contributed by atoms with Crippen molar-refractivity contribution in [1.29, 1.82) is 0 Å². The molecule has 3 rings (SSSR count). The third-order valence-corrected chi connectivity index (χ3v) is 4.66. The summed E-state index contributed by atoms with van der Waals surface area (Å²) in [6, 6.07) is 9.25. The second-order valence-electron chi connectivity index (χ2n) is 6.08. The largest absolute Gasteiger partial charge is 0.320 e. The van der Waals surface area contributed by atoms with Crippen molar-refractivity contribution in [3.63, 3.8) is 0 Å². The van der Waals surface area contributed by atoms with E-state index >= 15 is 0 Å². The second kappa shape index (κ2) is 7.09. The summed E-state index contributed by atoms with van der Waals surface area (Å²) in [5, 5.41) is 0. The van der Waals surface area contributed by atoms with Crippen molar-refractivity contribution in [2.45, 2.75) is 31.8 Å². The fraction of sp³-hybridized carbons (Fsp3) is 0.556. The van der Waals surface area contributed by atoms with Crippen LogP contribution in [0.3, 0.4) is 0 Å². The van der Waals surface area contributed by atoms with Crippen LogP contribution in [0.2, 0.25) is 0 Å². The van der Waals surface area contributed by atoms with Gasteiger partial charge < -0.3 is 5.73 Å². The molecule has 21 heavy (non-hydrogen) atoms. The molecule has 3 heteroatoms. The number of piperazine rings is 1. The number of benzene rings is 1. The van der Waals surface area contributed by atoms with Crippen LogP contribution in [0.1, 0.15) is 30.4 Å². The molecule has 112 valence electrons. The average molecular weight is 283 g/mol. The highest BCUT2D eigenvalue weighted by atomic mass is 15.3. The van der Waals surface area contributed by atoms with Crippen LogP contribution in [-0.4, -0.2) is 48.6 Å². The van der Waals surface area contributed by atoms with Crippen LogP contribution in [0.15, 0.2) is 24.3 Å². The topological polar surface area (TPSA) is 32.5 Å². The normalized spacial score (nSPS) is 23.2. The molecule has 0 saturated carbocycles. The first kappa shape index (κ1) is 14.6. The summed E-state index contributed by atoms with van der Waals surface area (Å²) in [7, 11) is 0. The maximum Gasteiger partial charge on any atom is 0.0555 e. The number of hydrogen-bond donors (Lipinski definition) is 1. The molecule has 0 aliphatic carbocycles. The molecule has 2 fully saturated rings.